The monoisotopic (exact) mass is 291 g/mol. The minimum Gasteiger partial charge on any atom is -0.310 e. The summed E-state index contributed by atoms with van der Waals surface area (Å²) in [5.74, 6) is -2.47. The van der Waals surface area contributed by atoms with Crippen LogP contribution >= 0.6 is 0 Å². The first-order valence-corrected chi connectivity index (χ1v) is 7.03. The van der Waals surface area contributed by atoms with Crippen LogP contribution in [0.3, 0.4) is 0 Å². The normalized spacial score (nSPS) is 14.5. The predicted molar refractivity (Wildman–Crippen MR) is 76.4 cm³/mol. The minimum atomic E-state index is -0.999. The maximum Gasteiger partial charge on any atom is 0.167 e. The first-order valence-electron chi connectivity index (χ1n) is 7.03. The Labute approximate surface area is 121 Å². The van der Waals surface area contributed by atoms with E-state index in [4.69, 9.17) is 0 Å². The Balaban J connectivity index is 1.96. The van der Waals surface area contributed by atoms with Gasteiger partial charge in [0.25, 0.3) is 0 Å². The number of hydrogen-bond acceptors (Lipinski definition) is 1. The average Bonchev–Trinajstić information content (AvgIpc) is 3.29. The maximum absolute atomic E-state index is 14.0. The number of rotatable bonds is 4. The van der Waals surface area contributed by atoms with Crippen LogP contribution in [0.5, 0.6) is 0 Å². The second-order valence-electron chi connectivity index (χ2n) is 5.53. The Morgan fingerprint density at radius 3 is 2.48 bits per heavy atom. The molecule has 21 heavy (non-hydrogen) atoms. The van der Waals surface area contributed by atoms with Gasteiger partial charge in [-0.1, -0.05) is 18.2 Å². The average molecular weight is 291 g/mol. The molecule has 0 radical (unpaired) electrons. The highest BCUT2D eigenvalue weighted by Gasteiger charge is 2.20. The van der Waals surface area contributed by atoms with Crippen molar-refractivity contribution in [2.75, 3.05) is 0 Å². The molecule has 2 aromatic carbocycles. The van der Waals surface area contributed by atoms with E-state index in [0.717, 1.165) is 18.4 Å². The molecule has 1 aliphatic rings. The lowest BCUT2D eigenvalue weighted by Crippen LogP contribution is -2.15. The number of benzene rings is 2. The fraction of sp³-hybridized carbons (Fsp3) is 0.294. The van der Waals surface area contributed by atoms with Gasteiger partial charge in [-0.3, -0.25) is 0 Å². The second kappa shape index (κ2) is 5.53. The fourth-order valence-electron chi connectivity index (χ4n) is 2.29. The molecule has 0 spiro atoms. The Morgan fingerprint density at radius 1 is 1.00 bits per heavy atom. The third-order valence-electron chi connectivity index (χ3n) is 3.77. The molecule has 0 amide bonds. The highest BCUT2D eigenvalue weighted by Crippen LogP contribution is 2.29. The van der Waals surface area contributed by atoms with Gasteiger partial charge in [-0.05, 0) is 43.0 Å². The van der Waals surface area contributed by atoms with E-state index >= 15 is 0 Å². The van der Waals surface area contributed by atoms with Crippen molar-refractivity contribution in [1.29, 1.82) is 0 Å². The molecule has 0 aromatic heterocycles. The molecule has 0 bridgehead atoms. The zero-order valence-electron chi connectivity index (χ0n) is 11.7. The first-order chi connectivity index (χ1) is 10.1. The number of nitrogens with one attached hydrogen (secondary N) is 1. The Kier molecular flexibility index (Phi) is 3.72. The second-order valence-corrected chi connectivity index (χ2v) is 5.53. The number of hydrogen-bond donors (Lipinski definition) is 1. The third-order valence-corrected chi connectivity index (χ3v) is 3.77. The van der Waals surface area contributed by atoms with Crippen molar-refractivity contribution in [3.05, 3.63) is 58.9 Å². The van der Waals surface area contributed by atoms with E-state index < -0.39 is 17.5 Å². The molecule has 0 atom stereocenters. The molecule has 110 valence electrons. The lowest BCUT2D eigenvalue weighted by atomic mass is 10.00. The smallest absolute Gasteiger partial charge is 0.167 e. The van der Waals surface area contributed by atoms with E-state index in [-0.39, 0.29) is 16.7 Å². The quantitative estimate of drug-likeness (QED) is 0.884. The molecule has 1 nitrogen and oxygen atoms in total. The largest absolute Gasteiger partial charge is 0.310 e. The van der Waals surface area contributed by atoms with Gasteiger partial charge in [-0.15, -0.1) is 0 Å². The SMILES string of the molecule is Cc1ccc(-c2cc(CNC3CC3)ccc2F)c(F)c1F. The van der Waals surface area contributed by atoms with Crippen LogP contribution in [-0.4, -0.2) is 6.04 Å². The van der Waals surface area contributed by atoms with Crippen molar-refractivity contribution in [2.45, 2.75) is 32.4 Å². The number of aryl methyl sites for hydroxylation is 1. The van der Waals surface area contributed by atoms with Crippen LogP contribution in [0.1, 0.15) is 24.0 Å². The lowest BCUT2D eigenvalue weighted by Gasteiger charge is -2.10. The molecule has 0 heterocycles. The van der Waals surface area contributed by atoms with Gasteiger partial charge in [0.15, 0.2) is 11.6 Å². The Bertz CT molecular complexity index is 678. The first kappa shape index (κ1) is 14.1. The zero-order chi connectivity index (χ0) is 15.0. The predicted octanol–water partition coefficient (Wildman–Crippen LogP) is 4.33. The van der Waals surface area contributed by atoms with Crippen molar-refractivity contribution in [1.82, 2.24) is 5.32 Å². The van der Waals surface area contributed by atoms with E-state index in [9.17, 15) is 13.2 Å². The molecular weight excluding hydrogens is 275 g/mol. The topological polar surface area (TPSA) is 12.0 Å². The fourth-order valence-corrected chi connectivity index (χ4v) is 2.29. The van der Waals surface area contributed by atoms with Crippen molar-refractivity contribution >= 4 is 0 Å². The highest BCUT2D eigenvalue weighted by atomic mass is 19.2. The highest BCUT2D eigenvalue weighted by molar-refractivity contribution is 5.66. The van der Waals surface area contributed by atoms with E-state index in [0.29, 0.717) is 12.6 Å². The van der Waals surface area contributed by atoms with Crippen LogP contribution in [0.2, 0.25) is 0 Å². The van der Waals surface area contributed by atoms with Crippen molar-refractivity contribution < 1.29 is 13.2 Å². The summed E-state index contributed by atoms with van der Waals surface area (Å²) in [4.78, 5) is 0. The molecule has 3 rings (SSSR count). The summed E-state index contributed by atoms with van der Waals surface area (Å²) in [7, 11) is 0. The molecule has 2 aromatic rings. The van der Waals surface area contributed by atoms with E-state index in [2.05, 4.69) is 5.32 Å². The van der Waals surface area contributed by atoms with Gasteiger partial charge in [-0.2, -0.15) is 0 Å². The molecule has 0 aliphatic heterocycles. The van der Waals surface area contributed by atoms with Gasteiger partial charge in [-0.25, -0.2) is 13.2 Å². The van der Waals surface area contributed by atoms with Crippen molar-refractivity contribution in [3.8, 4) is 11.1 Å². The molecule has 1 fully saturated rings. The van der Waals surface area contributed by atoms with E-state index in [1.54, 1.807) is 12.1 Å². The van der Waals surface area contributed by atoms with Crippen molar-refractivity contribution in [2.24, 2.45) is 0 Å². The third kappa shape index (κ3) is 2.95. The summed E-state index contributed by atoms with van der Waals surface area (Å²) in [5.41, 5.74) is 1.13. The lowest BCUT2D eigenvalue weighted by molar-refractivity contribution is 0.504. The van der Waals surface area contributed by atoms with Crippen LogP contribution in [0, 0.1) is 24.4 Å². The van der Waals surface area contributed by atoms with Crippen LogP contribution in [0.25, 0.3) is 11.1 Å². The Hall–Kier alpha value is -1.81. The zero-order valence-corrected chi connectivity index (χ0v) is 11.7. The maximum atomic E-state index is 14.0. The summed E-state index contributed by atoms with van der Waals surface area (Å²) in [6.45, 7) is 2.09. The van der Waals surface area contributed by atoms with Gasteiger partial charge in [0, 0.05) is 23.7 Å². The van der Waals surface area contributed by atoms with Crippen LogP contribution in [-0.2, 0) is 6.54 Å². The molecule has 4 heteroatoms. The molecular formula is C17H16F3N. The summed E-state index contributed by atoms with van der Waals surface area (Å²) < 4.78 is 41.7. The summed E-state index contributed by atoms with van der Waals surface area (Å²) in [6.07, 6.45) is 2.32. The molecule has 0 unspecified atom stereocenters. The van der Waals surface area contributed by atoms with Gasteiger partial charge in [0.1, 0.15) is 5.82 Å². The molecule has 1 N–H and O–H groups in total. The van der Waals surface area contributed by atoms with Crippen LogP contribution < -0.4 is 5.32 Å². The summed E-state index contributed by atoms with van der Waals surface area (Å²) >= 11 is 0. The van der Waals surface area contributed by atoms with E-state index in [1.807, 2.05) is 0 Å². The van der Waals surface area contributed by atoms with Gasteiger partial charge in [0.05, 0.1) is 0 Å². The van der Waals surface area contributed by atoms with E-state index in [1.165, 1.54) is 25.1 Å². The van der Waals surface area contributed by atoms with Crippen LogP contribution in [0.15, 0.2) is 30.3 Å². The van der Waals surface area contributed by atoms with Gasteiger partial charge < -0.3 is 5.32 Å². The minimum absolute atomic E-state index is 0.0381. The van der Waals surface area contributed by atoms with Gasteiger partial charge in [0.2, 0.25) is 0 Å². The van der Waals surface area contributed by atoms with Crippen LogP contribution in [0.4, 0.5) is 13.2 Å². The molecule has 1 aliphatic carbocycles. The Morgan fingerprint density at radius 2 is 1.76 bits per heavy atom. The van der Waals surface area contributed by atoms with Gasteiger partial charge >= 0.3 is 0 Å². The summed E-state index contributed by atoms with van der Waals surface area (Å²) in [5, 5.41) is 3.32. The molecule has 1 saturated carbocycles. The van der Waals surface area contributed by atoms with Crippen molar-refractivity contribution in [3.63, 3.8) is 0 Å². The number of halogens is 3. The standard InChI is InChI=1S/C17H16F3N/c1-10-2-6-13(17(20)16(10)19)14-8-11(3-7-15(14)18)9-21-12-4-5-12/h2-3,6-8,12,21H,4-5,9H2,1H3. The molecule has 0 saturated heterocycles. The summed E-state index contributed by atoms with van der Waals surface area (Å²) in [6, 6.07) is 7.96.